The Morgan fingerprint density at radius 3 is 1.26 bits per heavy atom. The summed E-state index contributed by atoms with van der Waals surface area (Å²) in [5, 5.41) is 5.53. The normalized spacial score (nSPS) is 10.2. The number of unbranched alkanes of at least 4 members (excludes halogenated alkanes) is 4. The van der Waals surface area contributed by atoms with Gasteiger partial charge in [0.05, 0.1) is 0 Å². The molecule has 0 aliphatic heterocycles. The molecular formula is C42H48Cl2SiZr. The second-order valence-corrected chi connectivity index (χ2v) is 16.3. The summed E-state index contributed by atoms with van der Waals surface area (Å²) >= 11 is -0.826. The Bertz CT molecular complexity index is 1530. The van der Waals surface area contributed by atoms with Crippen molar-refractivity contribution in [1.29, 1.82) is 0 Å². The fourth-order valence-corrected chi connectivity index (χ4v) is 5.78. The van der Waals surface area contributed by atoms with Crippen molar-refractivity contribution in [3.63, 3.8) is 0 Å². The fraction of sp³-hybridized carbons (Fsp3) is 0.286. The van der Waals surface area contributed by atoms with Crippen molar-refractivity contribution in [2.75, 3.05) is 0 Å². The second kappa shape index (κ2) is 22.4. The molecule has 0 fully saturated rings. The first-order valence-electron chi connectivity index (χ1n) is 16.6. The van der Waals surface area contributed by atoms with Crippen LogP contribution in [0.5, 0.6) is 0 Å². The van der Waals surface area contributed by atoms with Crippen LogP contribution in [0.2, 0.25) is 13.1 Å². The number of aryl methyl sites for hydroxylation is 2. The van der Waals surface area contributed by atoms with Crippen molar-refractivity contribution in [3.8, 4) is 22.3 Å². The molecule has 6 rings (SSSR count). The number of fused-ring (bicyclic) bond motifs is 2. The van der Waals surface area contributed by atoms with Gasteiger partial charge in [-0.3, -0.25) is 0 Å². The zero-order valence-electron chi connectivity index (χ0n) is 28.0. The van der Waals surface area contributed by atoms with Crippen LogP contribution in [-0.2, 0) is 33.7 Å². The topological polar surface area (TPSA) is 0 Å². The van der Waals surface area contributed by atoms with E-state index in [0.29, 0.717) is 0 Å². The van der Waals surface area contributed by atoms with Gasteiger partial charge in [0.25, 0.3) is 0 Å². The third kappa shape index (κ3) is 12.1. The van der Waals surface area contributed by atoms with Gasteiger partial charge >= 0.3 is 37.9 Å². The van der Waals surface area contributed by atoms with Crippen LogP contribution in [0.4, 0.5) is 0 Å². The average Bonchev–Trinajstić information content (AvgIpc) is 3.70. The molecule has 46 heavy (non-hydrogen) atoms. The number of halogens is 2. The van der Waals surface area contributed by atoms with Crippen molar-refractivity contribution < 1.29 is 20.8 Å². The van der Waals surface area contributed by atoms with E-state index in [-0.39, 0.29) is 0 Å². The first-order chi connectivity index (χ1) is 22.6. The monoisotopic (exact) mass is 740 g/mol. The van der Waals surface area contributed by atoms with E-state index in [1.165, 1.54) is 106 Å². The molecular weight excluding hydrogens is 695 g/mol. The molecule has 6 aromatic carbocycles. The summed E-state index contributed by atoms with van der Waals surface area (Å²) in [7, 11) is 11.0. The van der Waals surface area contributed by atoms with E-state index in [0.717, 1.165) is 9.52 Å². The summed E-state index contributed by atoms with van der Waals surface area (Å²) in [4.78, 5) is 0. The summed E-state index contributed by atoms with van der Waals surface area (Å²) in [6.45, 7) is 8.82. The fourth-order valence-electron chi connectivity index (χ4n) is 5.78. The Balaban J connectivity index is 0.000000214. The first kappa shape index (κ1) is 38.2. The van der Waals surface area contributed by atoms with Gasteiger partial charge in [0.2, 0.25) is 0 Å². The third-order valence-corrected chi connectivity index (χ3v) is 7.93. The van der Waals surface area contributed by atoms with E-state index in [9.17, 15) is 0 Å². The quantitative estimate of drug-likeness (QED) is 0.0745. The molecule has 4 heteroatoms. The van der Waals surface area contributed by atoms with Crippen LogP contribution < -0.4 is 0 Å². The Labute approximate surface area is 299 Å². The molecule has 0 saturated carbocycles. The minimum atomic E-state index is -0.826. The zero-order chi connectivity index (χ0) is 33.0. The van der Waals surface area contributed by atoms with Crippen LogP contribution in [0, 0.1) is 0 Å². The summed E-state index contributed by atoms with van der Waals surface area (Å²) in [5.41, 5.74) is 8.29. The van der Waals surface area contributed by atoms with Crippen molar-refractivity contribution in [2.24, 2.45) is 0 Å². The van der Waals surface area contributed by atoms with Crippen LogP contribution in [0.25, 0.3) is 43.8 Å². The number of hydrogen-bond donors (Lipinski definition) is 0. The molecule has 6 aromatic rings. The molecule has 0 spiro atoms. The molecule has 0 N–H and O–H groups in total. The number of benzene rings is 4. The predicted octanol–water partition coefficient (Wildman–Crippen LogP) is 14.1. The second-order valence-electron chi connectivity index (χ2n) is 11.6. The van der Waals surface area contributed by atoms with Gasteiger partial charge in [-0.2, -0.15) is 12.1 Å². The van der Waals surface area contributed by atoms with E-state index in [1.807, 2.05) is 0 Å². The van der Waals surface area contributed by atoms with Gasteiger partial charge in [-0.1, -0.05) is 149 Å². The van der Waals surface area contributed by atoms with E-state index < -0.39 is 20.8 Å². The molecule has 0 aromatic heterocycles. The van der Waals surface area contributed by atoms with Crippen LogP contribution in [0.3, 0.4) is 0 Å². The maximum atomic E-state index is 4.93. The zero-order valence-corrected chi connectivity index (χ0v) is 32.9. The van der Waals surface area contributed by atoms with Gasteiger partial charge in [0, 0.05) is 9.52 Å². The van der Waals surface area contributed by atoms with Gasteiger partial charge in [-0.05, 0) is 24.0 Å². The van der Waals surface area contributed by atoms with Crippen LogP contribution >= 0.6 is 17.0 Å². The summed E-state index contributed by atoms with van der Waals surface area (Å²) in [6, 6.07) is 44.1. The Morgan fingerprint density at radius 1 is 0.543 bits per heavy atom. The molecule has 0 heterocycles. The molecule has 0 unspecified atom stereocenters. The Hall–Kier alpha value is -2.22. The molecule has 0 bridgehead atoms. The molecule has 238 valence electrons. The van der Waals surface area contributed by atoms with Gasteiger partial charge in [0.1, 0.15) is 0 Å². The van der Waals surface area contributed by atoms with E-state index >= 15 is 0 Å². The molecule has 2 radical (unpaired) electrons. The van der Waals surface area contributed by atoms with E-state index in [4.69, 9.17) is 17.0 Å². The maximum absolute atomic E-state index is 4.93. The van der Waals surface area contributed by atoms with Crippen molar-refractivity contribution in [2.45, 2.75) is 78.3 Å². The van der Waals surface area contributed by atoms with Crippen LogP contribution in [0.15, 0.2) is 121 Å². The number of hydrogen-bond acceptors (Lipinski definition) is 0. The first-order valence-corrected chi connectivity index (χ1v) is 24.9. The van der Waals surface area contributed by atoms with Gasteiger partial charge in [0.15, 0.2) is 0 Å². The minimum absolute atomic E-state index is 0.826. The molecule has 0 saturated heterocycles. The average molecular weight is 743 g/mol. The Kier molecular flexibility index (Phi) is 18.6. The van der Waals surface area contributed by atoms with Crippen molar-refractivity contribution in [1.82, 2.24) is 0 Å². The van der Waals surface area contributed by atoms with E-state index in [2.05, 4.69) is 148 Å². The molecule has 0 nitrogen and oxygen atoms in total. The molecule has 0 amide bonds. The van der Waals surface area contributed by atoms with Gasteiger partial charge in [-0.15, -0.1) is 69.1 Å². The summed E-state index contributed by atoms with van der Waals surface area (Å²) < 4.78 is 0. The van der Waals surface area contributed by atoms with Crippen molar-refractivity contribution in [3.05, 3.63) is 132 Å². The predicted molar refractivity (Wildman–Crippen MR) is 206 cm³/mol. The standard InChI is InChI=1S/2C20H21.C2H6Si.2ClH.Zr/c2*1-2-3-5-9-16-14-18-12-8-13-19(20(18)15-16)17-10-6-4-7-11-17;1-3-2;;;/h2*4,6-8,10-15H,2-3,5,9H2,1H3;1-2H3;2*1H;/q2*-1;;;;+4/p-2. The third-order valence-electron chi connectivity index (χ3n) is 7.93. The van der Waals surface area contributed by atoms with Gasteiger partial charge < -0.3 is 0 Å². The molecule has 0 aliphatic carbocycles. The van der Waals surface area contributed by atoms with Crippen LogP contribution in [0.1, 0.15) is 63.5 Å². The molecule has 0 aliphatic rings. The van der Waals surface area contributed by atoms with Crippen molar-refractivity contribution >= 4 is 48.1 Å². The van der Waals surface area contributed by atoms with Crippen LogP contribution in [-0.4, -0.2) is 9.52 Å². The van der Waals surface area contributed by atoms with Gasteiger partial charge in [-0.25, -0.2) is 0 Å². The van der Waals surface area contributed by atoms with E-state index in [1.54, 1.807) is 0 Å². The SMILES string of the molecule is CCCCCc1cc2c(-c3ccccc3)cccc2[cH-]1.CCCCCc1cc2c(-c3ccccc3)cccc2[cH-]1.C[Si]C.[Cl][Zr+2][Cl]. The summed E-state index contributed by atoms with van der Waals surface area (Å²) in [5.74, 6) is 0. The molecule has 0 atom stereocenters. The Morgan fingerprint density at radius 2 is 0.913 bits per heavy atom. The number of rotatable bonds is 10. The summed E-state index contributed by atoms with van der Waals surface area (Å²) in [6.07, 6.45) is 10.2.